The summed E-state index contributed by atoms with van der Waals surface area (Å²) >= 11 is 0. The third-order valence-electron chi connectivity index (χ3n) is 9.72. The van der Waals surface area contributed by atoms with Gasteiger partial charge in [0.05, 0.1) is 0 Å². The number of hydrogen-bond acceptors (Lipinski definition) is 4. The number of carboxylic acid groups (broad SMARTS) is 1. The molecule has 29 heavy (non-hydrogen) atoms. The summed E-state index contributed by atoms with van der Waals surface area (Å²) in [6.45, 7) is 6.37. The minimum absolute atomic E-state index is 0.0659. The van der Waals surface area contributed by atoms with Crippen molar-refractivity contribution in [1.82, 2.24) is 0 Å². The smallest absolute Gasteiger partial charge is 0.303 e. The molecule has 0 spiro atoms. The van der Waals surface area contributed by atoms with Crippen molar-refractivity contribution in [3.05, 3.63) is 0 Å². The van der Waals surface area contributed by atoms with E-state index in [0.717, 1.165) is 19.3 Å². The van der Waals surface area contributed by atoms with Gasteiger partial charge < -0.3 is 5.11 Å². The van der Waals surface area contributed by atoms with Gasteiger partial charge in [0, 0.05) is 43.4 Å². The van der Waals surface area contributed by atoms with E-state index in [2.05, 4.69) is 20.8 Å². The van der Waals surface area contributed by atoms with E-state index in [9.17, 15) is 19.2 Å². The van der Waals surface area contributed by atoms with E-state index in [1.54, 1.807) is 0 Å². The highest BCUT2D eigenvalue weighted by atomic mass is 16.4. The largest absolute Gasteiger partial charge is 0.481 e. The van der Waals surface area contributed by atoms with Crippen LogP contribution in [0.1, 0.15) is 78.6 Å². The molecule has 8 atom stereocenters. The van der Waals surface area contributed by atoms with Crippen LogP contribution in [0.4, 0.5) is 0 Å². The lowest BCUT2D eigenvalue weighted by atomic mass is 9.44. The van der Waals surface area contributed by atoms with Gasteiger partial charge in [0.25, 0.3) is 0 Å². The third kappa shape index (κ3) is 3.02. The Balaban J connectivity index is 1.63. The summed E-state index contributed by atoms with van der Waals surface area (Å²) in [5.74, 6) is 0.524. The molecule has 0 aromatic carbocycles. The maximum atomic E-state index is 13.6. The van der Waals surface area contributed by atoms with Crippen LogP contribution in [0.15, 0.2) is 0 Å². The minimum Gasteiger partial charge on any atom is -0.481 e. The highest BCUT2D eigenvalue weighted by Gasteiger charge is 2.66. The Morgan fingerprint density at radius 2 is 1.83 bits per heavy atom. The zero-order valence-corrected chi connectivity index (χ0v) is 17.9. The fourth-order valence-corrected chi connectivity index (χ4v) is 7.94. The summed E-state index contributed by atoms with van der Waals surface area (Å²) in [7, 11) is 0. The summed E-state index contributed by atoms with van der Waals surface area (Å²) in [4.78, 5) is 50.0. The predicted molar refractivity (Wildman–Crippen MR) is 107 cm³/mol. The van der Waals surface area contributed by atoms with Crippen molar-refractivity contribution in [2.24, 2.45) is 46.3 Å². The van der Waals surface area contributed by atoms with Crippen molar-refractivity contribution >= 4 is 23.3 Å². The lowest BCUT2D eigenvalue weighted by molar-refractivity contribution is -0.166. The van der Waals surface area contributed by atoms with Crippen LogP contribution in [0.25, 0.3) is 0 Å². The molecule has 0 aliphatic heterocycles. The van der Waals surface area contributed by atoms with E-state index in [1.165, 1.54) is 0 Å². The summed E-state index contributed by atoms with van der Waals surface area (Å²) in [6.07, 6.45) is 5.33. The van der Waals surface area contributed by atoms with Crippen LogP contribution in [0.3, 0.4) is 0 Å². The second kappa shape index (κ2) is 7.02. The summed E-state index contributed by atoms with van der Waals surface area (Å²) in [5, 5.41) is 9.06. The van der Waals surface area contributed by atoms with E-state index in [0.29, 0.717) is 32.1 Å². The molecule has 4 aliphatic carbocycles. The van der Waals surface area contributed by atoms with E-state index in [-0.39, 0.29) is 64.7 Å². The fourth-order valence-electron chi connectivity index (χ4n) is 7.94. The normalized spacial score (nSPS) is 45.3. The van der Waals surface area contributed by atoms with E-state index in [1.807, 2.05) is 0 Å². The molecule has 4 aliphatic rings. The monoisotopic (exact) mass is 402 g/mol. The van der Waals surface area contributed by atoms with Gasteiger partial charge in [-0.05, 0) is 60.7 Å². The fraction of sp³-hybridized carbons (Fsp3) is 0.833. The van der Waals surface area contributed by atoms with Crippen molar-refractivity contribution in [2.45, 2.75) is 78.6 Å². The van der Waals surface area contributed by atoms with Gasteiger partial charge in [0.15, 0.2) is 0 Å². The van der Waals surface area contributed by atoms with Crippen LogP contribution < -0.4 is 0 Å². The number of ketones is 3. The predicted octanol–water partition coefficient (Wildman–Crippen LogP) is 4.07. The average Bonchev–Trinajstić information content (AvgIpc) is 3.01. The second-order valence-corrected chi connectivity index (χ2v) is 10.9. The molecular formula is C24H34O5. The Kier molecular flexibility index (Phi) is 5.02. The van der Waals surface area contributed by atoms with Gasteiger partial charge in [-0.2, -0.15) is 0 Å². The van der Waals surface area contributed by atoms with Crippen molar-refractivity contribution < 1.29 is 24.3 Å². The first-order valence-electron chi connectivity index (χ1n) is 11.4. The standard InChI is InChI=1S/C24H34O5/c1-13(4-7-21(28)29)16-5-6-17-22-18(12-20(27)24(16,17)3)23(2)9-8-15(25)10-14(23)11-19(22)26/h13-14,16-18,22H,4-12H2,1-3H3,(H,28,29)/t13-,14?,16?,17?,18?,22?,23+,24-/m1/s1. The van der Waals surface area contributed by atoms with E-state index in [4.69, 9.17) is 5.11 Å². The van der Waals surface area contributed by atoms with Gasteiger partial charge in [0.2, 0.25) is 0 Å². The third-order valence-corrected chi connectivity index (χ3v) is 9.72. The van der Waals surface area contributed by atoms with Crippen LogP contribution in [0.5, 0.6) is 0 Å². The lowest BCUT2D eigenvalue weighted by Gasteiger charge is -2.58. The number of carbonyl (C=O) groups excluding carboxylic acids is 3. The number of Topliss-reactive ketones (excluding diaryl/α,β-unsaturated/α-hetero) is 3. The summed E-state index contributed by atoms with van der Waals surface area (Å²) in [5.41, 5.74) is -0.598. The Morgan fingerprint density at radius 1 is 1.10 bits per heavy atom. The molecule has 1 N–H and O–H groups in total. The van der Waals surface area contributed by atoms with Crippen molar-refractivity contribution in [2.75, 3.05) is 0 Å². The first-order chi connectivity index (χ1) is 13.6. The molecule has 0 radical (unpaired) electrons. The first kappa shape index (κ1) is 20.7. The summed E-state index contributed by atoms with van der Waals surface area (Å²) < 4.78 is 0. The molecule has 4 rings (SSSR count). The van der Waals surface area contributed by atoms with Crippen molar-refractivity contribution in [3.8, 4) is 0 Å². The zero-order valence-electron chi connectivity index (χ0n) is 17.9. The Labute approximate surface area is 173 Å². The van der Waals surface area contributed by atoms with Gasteiger partial charge in [0.1, 0.15) is 17.3 Å². The molecule has 4 fully saturated rings. The molecule has 0 saturated heterocycles. The molecule has 5 nitrogen and oxygen atoms in total. The second-order valence-electron chi connectivity index (χ2n) is 10.9. The molecular weight excluding hydrogens is 368 g/mol. The maximum Gasteiger partial charge on any atom is 0.303 e. The number of aliphatic carboxylic acids is 1. The number of fused-ring (bicyclic) bond motifs is 5. The van der Waals surface area contributed by atoms with E-state index >= 15 is 0 Å². The molecule has 4 saturated carbocycles. The number of hydrogen-bond donors (Lipinski definition) is 1. The Bertz CT molecular complexity index is 756. The average molecular weight is 403 g/mol. The van der Waals surface area contributed by atoms with Crippen LogP contribution in [-0.4, -0.2) is 28.4 Å². The first-order valence-corrected chi connectivity index (χ1v) is 11.4. The molecule has 160 valence electrons. The van der Waals surface area contributed by atoms with Gasteiger partial charge >= 0.3 is 5.97 Å². The number of rotatable bonds is 4. The van der Waals surface area contributed by atoms with Crippen LogP contribution in [0.2, 0.25) is 0 Å². The number of carboxylic acids is 1. The van der Waals surface area contributed by atoms with Crippen LogP contribution in [-0.2, 0) is 19.2 Å². The highest BCUT2D eigenvalue weighted by molar-refractivity contribution is 5.93. The molecule has 0 bridgehead atoms. The maximum absolute atomic E-state index is 13.6. The van der Waals surface area contributed by atoms with Gasteiger partial charge in [-0.3, -0.25) is 19.2 Å². The van der Waals surface area contributed by atoms with Gasteiger partial charge in [-0.15, -0.1) is 0 Å². The van der Waals surface area contributed by atoms with Gasteiger partial charge in [-0.25, -0.2) is 0 Å². The SMILES string of the molecule is C[C@H](CCC(=O)O)C1CCC2C3C(=O)CC4CC(=O)CC[C@]4(C)C3CC(=O)[C@@]21C. The van der Waals surface area contributed by atoms with Crippen LogP contribution >= 0.6 is 0 Å². The quantitative estimate of drug-likeness (QED) is 0.766. The van der Waals surface area contributed by atoms with Crippen molar-refractivity contribution in [1.29, 1.82) is 0 Å². The molecule has 5 heteroatoms. The molecule has 0 aromatic heterocycles. The van der Waals surface area contributed by atoms with Gasteiger partial charge in [-0.1, -0.05) is 20.8 Å². The Hall–Kier alpha value is -1.52. The van der Waals surface area contributed by atoms with Crippen LogP contribution in [0, 0.1) is 46.3 Å². The topological polar surface area (TPSA) is 88.5 Å². The Morgan fingerprint density at radius 3 is 2.52 bits per heavy atom. The zero-order chi connectivity index (χ0) is 21.1. The molecule has 5 unspecified atom stereocenters. The number of carbonyl (C=O) groups is 4. The van der Waals surface area contributed by atoms with Crippen molar-refractivity contribution in [3.63, 3.8) is 0 Å². The van der Waals surface area contributed by atoms with E-state index < -0.39 is 11.4 Å². The lowest BCUT2D eigenvalue weighted by Crippen LogP contribution is -2.60. The minimum atomic E-state index is -0.792. The molecule has 0 heterocycles. The molecule has 0 aromatic rings. The molecule has 0 amide bonds. The summed E-state index contributed by atoms with van der Waals surface area (Å²) in [6, 6.07) is 0. The highest BCUT2D eigenvalue weighted by Crippen LogP contribution is 2.66.